The highest BCUT2D eigenvalue weighted by Crippen LogP contribution is 2.46. The third-order valence-electron chi connectivity index (χ3n) is 5.58. The van der Waals surface area contributed by atoms with Gasteiger partial charge in [0.15, 0.2) is 11.5 Å². The molecule has 0 amide bonds. The number of tetrazole rings is 1. The van der Waals surface area contributed by atoms with Gasteiger partial charge in [-0.05, 0) is 59.5 Å². The molecule has 29 heavy (non-hydrogen) atoms. The van der Waals surface area contributed by atoms with Crippen LogP contribution in [0, 0.1) is 13.8 Å². The molecule has 1 aromatic heterocycles. The number of fused-ring (bicyclic) bond motifs is 1. The number of hydrogen-bond acceptors (Lipinski definition) is 7. The molecular formula is C21H25N5O3. The Labute approximate surface area is 169 Å². The summed E-state index contributed by atoms with van der Waals surface area (Å²) in [6.07, 6.45) is 0.756. The monoisotopic (exact) mass is 395 g/mol. The van der Waals surface area contributed by atoms with Crippen molar-refractivity contribution in [2.45, 2.75) is 32.4 Å². The third kappa shape index (κ3) is 3.24. The molecule has 1 aliphatic rings. The highest BCUT2D eigenvalue weighted by atomic mass is 16.5. The number of ether oxygens (including phenoxy) is 3. The van der Waals surface area contributed by atoms with Crippen molar-refractivity contribution in [2.75, 3.05) is 26.6 Å². The molecule has 3 aromatic rings. The van der Waals surface area contributed by atoms with Crippen molar-refractivity contribution in [2.24, 2.45) is 0 Å². The summed E-state index contributed by atoms with van der Waals surface area (Å²) in [4.78, 5) is 0. The SMILES string of the molecule is COc1ccc([C@H]2C[C@@H](c3ccc(C)c(C)c3)Nc3nnnn32)c(OC)c1OC. The van der Waals surface area contributed by atoms with Crippen molar-refractivity contribution < 1.29 is 14.2 Å². The fourth-order valence-corrected chi connectivity index (χ4v) is 3.88. The summed E-state index contributed by atoms with van der Waals surface area (Å²) in [5.41, 5.74) is 4.67. The van der Waals surface area contributed by atoms with E-state index in [9.17, 15) is 0 Å². The van der Waals surface area contributed by atoms with Gasteiger partial charge in [-0.1, -0.05) is 23.3 Å². The molecule has 0 saturated carbocycles. The van der Waals surface area contributed by atoms with Gasteiger partial charge in [-0.25, -0.2) is 4.68 Å². The summed E-state index contributed by atoms with van der Waals surface area (Å²) in [6.45, 7) is 4.24. The van der Waals surface area contributed by atoms with Gasteiger partial charge in [0.1, 0.15) is 0 Å². The van der Waals surface area contributed by atoms with E-state index in [1.165, 1.54) is 16.7 Å². The number of nitrogens with zero attached hydrogens (tertiary/aromatic N) is 4. The molecule has 0 aliphatic carbocycles. The predicted octanol–water partition coefficient (Wildman–Crippen LogP) is 3.46. The zero-order valence-electron chi connectivity index (χ0n) is 17.3. The third-order valence-corrected chi connectivity index (χ3v) is 5.58. The lowest BCUT2D eigenvalue weighted by Crippen LogP contribution is -2.28. The van der Waals surface area contributed by atoms with Crippen LogP contribution in [0.3, 0.4) is 0 Å². The Morgan fingerprint density at radius 3 is 2.45 bits per heavy atom. The first-order chi connectivity index (χ1) is 14.1. The Morgan fingerprint density at radius 1 is 0.966 bits per heavy atom. The van der Waals surface area contributed by atoms with E-state index in [0.717, 1.165) is 12.0 Å². The van der Waals surface area contributed by atoms with Crippen LogP contribution < -0.4 is 19.5 Å². The molecule has 0 saturated heterocycles. The molecule has 8 nitrogen and oxygen atoms in total. The Morgan fingerprint density at radius 2 is 1.76 bits per heavy atom. The first-order valence-corrected chi connectivity index (χ1v) is 9.47. The topological polar surface area (TPSA) is 83.3 Å². The summed E-state index contributed by atoms with van der Waals surface area (Å²) in [6, 6.07) is 10.3. The van der Waals surface area contributed by atoms with Crippen LogP contribution in [0.25, 0.3) is 0 Å². The predicted molar refractivity (Wildman–Crippen MR) is 109 cm³/mol. The number of benzene rings is 2. The summed E-state index contributed by atoms with van der Waals surface area (Å²) in [7, 11) is 4.84. The fourth-order valence-electron chi connectivity index (χ4n) is 3.88. The quantitative estimate of drug-likeness (QED) is 0.708. The molecule has 1 aliphatic heterocycles. The molecule has 0 unspecified atom stereocenters. The van der Waals surface area contributed by atoms with Gasteiger partial charge in [0.25, 0.3) is 0 Å². The number of nitrogens with one attached hydrogen (secondary N) is 1. The van der Waals surface area contributed by atoms with Gasteiger partial charge in [0.05, 0.1) is 33.4 Å². The molecular weight excluding hydrogens is 370 g/mol. The Balaban J connectivity index is 1.80. The number of aryl methyl sites for hydroxylation is 2. The smallest absolute Gasteiger partial charge is 0.243 e. The number of methoxy groups -OCH3 is 3. The largest absolute Gasteiger partial charge is 0.493 e. The molecule has 2 aromatic carbocycles. The van der Waals surface area contributed by atoms with E-state index in [1.807, 2.05) is 12.1 Å². The van der Waals surface area contributed by atoms with Gasteiger partial charge < -0.3 is 19.5 Å². The van der Waals surface area contributed by atoms with Crippen LogP contribution >= 0.6 is 0 Å². The van der Waals surface area contributed by atoms with E-state index in [2.05, 4.69) is 52.9 Å². The number of anilines is 1. The fraction of sp³-hybridized carbons (Fsp3) is 0.381. The highest BCUT2D eigenvalue weighted by Gasteiger charge is 2.34. The highest BCUT2D eigenvalue weighted by molar-refractivity contribution is 5.57. The van der Waals surface area contributed by atoms with Crippen LogP contribution in [0.5, 0.6) is 17.2 Å². The first-order valence-electron chi connectivity index (χ1n) is 9.47. The molecule has 1 N–H and O–H groups in total. The maximum atomic E-state index is 5.72. The van der Waals surface area contributed by atoms with E-state index in [1.54, 1.807) is 26.0 Å². The standard InChI is InChI=1S/C21H25N5O3/c1-12-6-7-14(10-13(12)2)16-11-17(26-21(22-16)23-24-25-26)15-8-9-18(27-3)20(29-5)19(15)28-4/h6-10,16-17H,11H2,1-5H3,(H,22,23,25)/t16-,17+/m0/s1. The second-order valence-electron chi connectivity index (χ2n) is 7.16. The van der Waals surface area contributed by atoms with Crippen molar-refractivity contribution in [3.63, 3.8) is 0 Å². The molecule has 0 fully saturated rings. The van der Waals surface area contributed by atoms with Crippen LogP contribution in [0.15, 0.2) is 30.3 Å². The second kappa shape index (κ2) is 7.62. The second-order valence-corrected chi connectivity index (χ2v) is 7.16. The maximum absolute atomic E-state index is 5.72. The van der Waals surface area contributed by atoms with Gasteiger partial charge in [0, 0.05) is 5.56 Å². The van der Waals surface area contributed by atoms with Crippen molar-refractivity contribution in [3.8, 4) is 17.2 Å². The molecule has 8 heteroatoms. The average Bonchev–Trinajstić information content (AvgIpc) is 3.22. The van der Waals surface area contributed by atoms with Crippen molar-refractivity contribution in [1.82, 2.24) is 20.2 Å². The average molecular weight is 395 g/mol. The molecule has 0 radical (unpaired) electrons. The normalized spacial score (nSPS) is 18.0. The number of aromatic nitrogens is 4. The van der Waals surface area contributed by atoms with Crippen LogP contribution in [0.4, 0.5) is 5.95 Å². The van der Waals surface area contributed by atoms with Crippen molar-refractivity contribution >= 4 is 5.95 Å². The Bertz CT molecular complexity index is 1030. The van der Waals surface area contributed by atoms with Gasteiger partial charge in [-0.2, -0.15) is 0 Å². The van der Waals surface area contributed by atoms with E-state index >= 15 is 0 Å². The van der Waals surface area contributed by atoms with Gasteiger partial charge in [0.2, 0.25) is 11.7 Å². The number of rotatable bonds is 5. The van der Waals surface area contributed by atoms with Gasteiger partial charge in [-0.3, -0.25) is 0 Å². The lowest BCUT2D eigenvalue weighted by Gasteiger charge is -2.32. The van der Waals surface area contributed by atoms with Crippen molar-refractivity contribution in [1.29, 1.82) is 0 Å². The molecule has 0 spiro atoms. The van der Waals surface area contributed by atoms with Crippen LogP contribution in [-0.2, 0) is 0 Å². The zero-order chi connectivity index (χ0) is 20.5. The van der Waals surface area contributed by atoms with Crippen LogP contribution in [0.2, 0.25) is 0 Å². The minimum atomic E-state index is -0.123. The van der Waals surface area contributed by atoms with Crippen LogP contribution in [-0.4, -0.2) is 41.5 Å². The van der Waals surface area contributed by atoms with Crippen LogP contribution in [0.1, 0.15) is 40.8 Å². The summed E-state index contributed by atoms with van der Waals surface area (Å²) in [5, 5.41) is 15.7. The summed E-state index contributed by atoms with van der Waals surface area (Å²) >= 11 is 0. The minimum Gasteiger partial charge on any atom is -0.493 e. The van der Waals surface area contributed by atoms with Gasteiger partial charge in [-0.15, -0.1) is 0 Å². The summed E-state index contributed by atoms with van der Waals surface area (Å²) < 4.78 is 18.5. The molecule has 2 heterocycles. The first kappa shape index (κ1) is 19.0. The van der Waals surface area contributed by atoms with Gasteiger partial charge >= 0.3 is 0 Å². The zero-order valence-corrected chi connectivity index (χ0v) is 17.3. The van der Waals surface area contributed by atoms with E-state index < -0.39 is 0 Å². The van der Waals surface area contributed by atoms with E-state index in [4.69, 9.17) is 14.2 Å². The maximum Gasteiger partial charge on any atom is 0.243 e. The van der Waals surface area contributed by atoms with E-state index in [-0.39, 0.29) is 12.1 Å². The minimum absolute atomic E-state index is 0.0654. The Kier molecular flexibility index (Phi) is 5.00. The summed E-state index contributed by atoms with van der Waals surface area (Å²) in [5.74, 6) is 2.42. The molecule has 4 rings (SSSR count). The lowest BCUT2D eigenvalue weighted by atomic mass is 9.91. The Hall–Kier alpha value is -3.29. The number of hydrogen-bond donors (Lipinski definition) is 1. The van der Waals surface area contributed by atoms with E-state index in [0.29, 0.717) is 23.2 Å². The van der Waals surface area contributed by atoms with Crippen molar-refractivity contribution in [3.05, 3.63) is 52.6 Å². The molecule has 152 valence electrons. The molecule has 2 atom stereocenters. The lowest BCUT2D eigenvalue weighted by molar-refractivity contribution is 0.315. The molecule has 0 bridgehead atoms.